The summed E-state index contributed by atoms with van der Waals surface area (Å²) in [6, 6.07) is 2.89. The van der Waals surface area contributed by atoms with Crippen molar-refractivity contribution in [3.8, 4) is 0 Å². The van der Waals surface area contributed by atoms with Crippen LogP contribution < -0.4 is 0 Å². The number of hydrogen-bond donors (Lipinski definition) is 1. The summed E-state index contributed by atoms with van der Waals surface area (Å²) in [7, 11) is 2.08. The molecule has 1 aliphatic carbocycles. The van der Waals surface area contributed by atoms with E-state index in [-0.39, 0.29) is 11.7 Å². The minimum Gasteiger partial charge on any atom is -0.386 e. The SMILES string of the molecule is CC(CN(C)CC1CC1)C(O)c1ccc(F)cn1. The van der Waals surface area contributed by atoms with Gasteiger partial charge in [-0.05, 0) is 37.9 Å². The largest absolute Gasteiger partial charge is 0.386 e. The van der Waals surface area contributed by atoms with Crippen LogP contribution in [0.25, 0.3) is 0 Å². The van der Waals surface area contributed by atoms with E-state index in [2.05, 4.69) is 16.9 Å². The van der Waals surface area contributed by atoms with Crippen LogP contribution in [-0.2, 0) is 0 Å². The Morgan fingerprint density at radius 2 is 2.22 bits per heavy atom. The molecule has 1 heterocycles. The summed E-state index contributed by atoms with van der Waals surface area (Å²) in [5.41, 5.74) is 0.545. The maximum absolute atomic E-state index is 12.8. The van der Waals surface area contributed by atoms with E-state index < -0.39 is 6.10 Å². The van der Waals surface area contributed by atoms with Gasteiger partial charge in [0.25, 0.3) is 0 Å². The van der Waals surface area contributed by atoms with Crippen LogP contribution in [0.3, 0.4) is 0 Å². The third kappa shape index (κ3) is 3.75. The van der Waals surface area contributed by atoms with Crippen LogP contribution in [0.2, 0.25) is 0 Å². The standard InChI is InChI=1S/C14H21FN2O/c1-10(8-17(2)9-11-3-4-11)14(18)13-6-5-12(15)7-16-13/h5-7,10-11,14,18H,3-4,8-9H2,1-2H3. The first kappa shape index (κ1) is 13.4. The average Bonchev–Trinajstić information content (AvgIpc) is 3.12. The second-order valence-electron chi connectivity index (χ2n) is 5.49. The molecule has 2 atom stereocenters. The first-order valence-electron chi connectivity index (χ1n) is 6.54. The zero-order chi connectivity index (χ0) is 13.1. The molecular weight excluding hydrogens is 231 g/mol. The molecule has 1 saturated carbocycles. The number of aromatic nitrogens is 1. The molecule has 1 fully saturated rings. The Morgan fingerprint density at radius 1 is 1.50 bits per heavy atom. The minimum atomic E-state index is -0.632. The van der Waals surface area contributed by atoms with E-state index in [1.807, 2.05) is 6.92 Å². The Bertz CT molecular complexity index is 378. The molecule has 0 radical (unpaired) electrons. The van der Waals surface area contributed by atoms with E-state index in [9.17, 15) is 9.50 Å². The molecule has 0 amide bonds. The van der Waals surface area contributed by atoms with Gasteiger partial charge in [0.2, 0.25) is 0 Å². The van der Waals surface area contributed by atoms with E-state index in [1.54, 1.807) is 6.07 Å². The zero-order valence-electron chi connectivity index (χ0n) is 11.0. The summed E-state index contributed by atoms with van der Waals surface area (Å²) >= 11 is 0. The highest BCUT2D eigenvalue weighted by Gasteiger charge is 2.25. The van der Waals surface area contributed by atoms with Crippen LogP contribution in [-0.4, -0.2) is 35.1 Å². The number of nitrogens with zero attached hydrogens (tertiary/aromatic N) is 2. The van der Waals surface area contributed by atoms with Crippen LogP contribution in [0.15, 0.2) is 18.3 Å². The average molecular weight is 252 g/mol. The minimum absolute atomic E-state index is 0.0895. The van der Waals surface area contributed by atoms with Gasteiger partial charge in [0.15, 0.2) is 0 Å². The molecular formula is C14H21FN2O. The molecule has 0 aliphatic heterocycles. The summed E-state index contributed by atoms with van der Waals surface area (Å²) in [5.74, 6) is 0.569. The summed E-state index contributed by atoms with van der Waals surface area (Å²) < 4.78 is 12.8. The molecule has 0 aromatic carbocycles. The molecule has 4 heteroatoms. The molecule has 1 N–H and O–H groups in total. The highest BCUT2D eigenvalue weighted by atomic mass is 19.1. The van der Waals surface area contributed by atoms with Crippen molar-refractivity contribution >= 4 is 0 Å². The highest BCUT2D eigenvalue weighted by molar-refractivity contribution is 5.08. The van der Waals surface area contributed by atoms with Gasteiger partial charge in [0.1, 0.15) is 5.82 Å². The second kappa shape index (κ2) is 5.76. The molecule has 1 aromatic heterocycles. The first-order valence-corrected chi connectivity index (χ1v) is 6.54. The Labute approximate surface area is 108 Å². The van der Waals surface area contributed by atoms with Crippen LogP contribution >= 0.6 is 0 Å². The van der Waals surface area contributed by atoms with Crippen LogP contribution in [0.1, 0.15) is 31.6 Å². The molecule has 0 bridgehead atoms. The molecule has 100 valence electrons. The topological polar surface area (TPSA) is 36.4 Å². The van der Waals surface area contributed by atoms with Gasteiger partial charge < -0.3 is 10.0 Å². The van der Waals surface area contributed by atoms with E-state index >= 15 is 0 Å². The molecule has 1 aromatic rings. The van der Waals surface area contributed by atoms with Crippen molar-refractivity contribution in [1.29, 1.82) is 0 Å². The summed E-state index contributed by atoms with van der Waals surface area (Å²) in [5, 5.41) is 10.2. The lowest BCUT2D eigenvalue weighted by molar-refractivity contribution is 0.0902. The van der Waals surface area contributed by atoms with E-state index in [0.29, 0.717) is 5.69 Å². The van der Waals surface area contributed by atoms with Gasteiger partial charge in [-0.25, -0.2) is 4.39 Å². The third-order valence-corrected chi connectivity index (χ3v) is 3.46. The van der Waals surface area contributed by atoms with Crippen LogP contribution in [0, 0.1) is 17.7 Å². The Morgan fingerprint density at radius 3 is 2.78 bits per heavy atom. The van der Waals surface area contributed by atoms with Gasteiger partial charge in [-0.3, -0.25) is 4.98 Å². The number of rotatable bonds is 6. The summed E-state index contributed by atoms with van der Waals surface area (Å²) in [6.07, 6.45) is 3.19. The second-order valence-corrected chi connectivity index (χ2v) is 5.49. The molecule has 18 heavy (non-hydrogen) atoms. The van der Waals surface area contributed by atoms with Crippen molar-refractivity contribution < 1.29 is 9.50 Å². The van der Waals surface area contributed by atoms with Crippen molar-refractivity contribution in [1.82, 2.24) is 9.88 Å². The van der Waals surface area contributed by atoms with Gasteiger partial charge in [-0.2, -0.15) is 0 Å². The lowest BCUT2D eigenvalue weighted by atomic mass is 10.0. The van der Waals surface area contributed by atoms with Crippen molar-refractivity contribution in [2.75, 3.05) is 20.1 Å². The fraction of sp³-hybridized carbons (Fsp3) is 0.643. The number of halogens is 1. The van der Waals surface area contributed by atoms with E-state index in [0.717, 1.165) is 25.2 Å². The highest BCUT2D eigenvalue weighted by Crippen LogP contribution is 2.30. The maximum atomic E-state index is 12.8. The monoisotopic (exact) mass is 252 g/mol. The van der Waals surface area contributed by atoms with Gasteiger partial charge in [0.05, 0.1) is 18.0 Å². The zero-order valence-corrected chi connectivity index (χ0v) is 11.0. The number of hydrogen-bond acceptors (Lipinski definition) is 3. The van der Waals surface area contributed by atoms with Gasteiger partial charge in [0, 0.05) is 19.0 Å². The van der Waals surface area contributed by atoms with Crippen LogP contribution in [0.4, 0.5) is 4.39 Å². The van der Waals surface area contributed by atoms with Crippen LogP contribution in [0.5, 0.6) is 0 Å². The first-order chi connectivity index (χ1) is 8.56. The smallest absolute Gasteiger partial charge is 0.141 e. The summed E-state index contributed by atoms with van der Waals surface area (Å²) in [6.45, 7) is 3.93. The summed E-state index contributed by atoms with van der Waals surface area (Å²) in [4.78, 5) is 6.20. The van der Waals surface area contributed by atoms with Gasteiger partial charge >= 0.3 is 0 Å². The van der Waals surface area contributed by atoms with Gasteiger partial charge in [-0.1, -0.05) is 6.92 Å². The Kier molecular flexibility index (Phi) is 4.30. The fourth-order valence-corrected chi connectivity index (χ4v) is 2.26. The predicted molar refractivity (Wildman–Crippen MR) is 68.5 cm³/mol. The quantitative estimate of drug-likeness (QED) is 0.843. The van der Waals surface area contributed by atoms with Gasteiger partial charge in [-0.15, -0.1) is 0 Å². The predicted octanol–water partition coefficient (Wildman–Crippen LogP) is 2.23. The van der Waals surface area contributed by atoms with E-state index in [1.165, 1.54) is 18.9 Å². The number of pyridine rings is 1. The molecule has 3 nitrogen and oxygen atoms in total. The number of aliphatic hydroxyl groups excluding tert-OH is 1. The lowest BCUT2D eigenvalue weighted by Gasteiger charge is -2.24. The molecule has 1 aliphatic rings. The fourth-order valence-electron chi connectivity index (χ4n) is 2.26. The van der Waals surface area contributed by atoms with Crippen molar-refractivity contribution in [3.05, 3.63) is 29.8 Å². The third-order valence-electron chi connectivity index (χ3n) is 3.46. The Hall–Kier alpha value is -1.00. The normalized spacial score (nSPS) is 18.9. The van der Waals surface area contributed by atoms with Crippen molar-refractivity contribution in [2.45, 2.75) is 25.9 Å². The molecule has 0 spiro atoms. The molecule has 2 unspecified atom stereocenters. The van der Waals surface area contributed by atoms with Crippen molar-refractivity contribution in [3.63, 3.8) is 0 Å². The Balaban J connectivity index is 1.86. The molecule has 2 rings (SSSR count). The number of aliphatic hydroxyl groups is 1. The lowest BCUT2D eigenvalue weighted by Crippen LogP contribution is -2.29. The van der Waals surface area contributed by atoms with Crippen molar-refractivity contribution in [2.24, 2.45) is 11.8 Å². The maximum Gasteiger partial charge on any atom is 0.141 e. The molecule has 0 saturated heterocycles. The van der Waals surface area contributed by atoms with E-state index in [4.69, 9.17) is 0 Å².